The van der Waals surface area contributed by atoms with Gasteiger partial charge in [0, 0.05) is 26.2 Å². The summed E-state index contributed by atoms with van der Waals surface area (Å²) in [5.74, 6) is 0. The number of likely N-dealkylation sites (N-methyl/N-ethyl adjacent to an activating group) is 3. The van der Waals surface area contributed by atoms with Gasteiger partial charge in [0.2, 0.25) is 0 Å². The fourth-order valence-electron chi connectivity index (χ4n) is 3.05. The number of hydrogen-bond donors (Lipinski definition) is 0. The molecule has 1 aromatic carbocycles. The van der Waals surface area contributed by atoms with Gasteiger partial charge in [-0.25, -0.2) is 0 Å². The molecule has 0 unspecified atom stereocenters. The molecular formula is C23H48LiN5Si. The van der Waals surface area contributed by atoms with Crippen molar-refractivity contribution in [2.24, 2.45) is 0 Å². The minimum Gasteiger partial charge on any atom is -0.441 e. The molecule has 0 aromatic heterocycles. The topological polar surface area (TPSA) is 16.2 Å². The Morgan fingerprint density at radius 1 is 0.600 bits per heavy atom. The summed E-state index contributed by atoms with van der Waals surface area (Å²) in [6, 6.07) is 11.0. The molecule has 0 atom stereocenters. The molecule has 5 nitrogen and oxygen atoms in total. The summed E-state index contributed by atoms with van der Waals surface area (Å²) >= 11 is 0. The zero-order valence-electron chi connectivity index (χ0n) is 21.8. The Balaban J connectivity index is 0. The second kappa shape index (κ2) is 19.5. The molecule has 0 spiro atoms. The van der Waals surface area contributed by atoms with Crippen LogP contribution in [0.3, 0.4) is 0 Å². The first-order valence-corrected chi connectivity index (χ1v) is 12.6. The smallest absolute Gasteiger partial charge is 0.441 e. The molecule has 0 aliphatic heterocycles. The van der Waals surface area contributed by atoms with Crippen molar-refractivity contribution in [1.82, 2.24) is 23.8 Å². The van der Waals surface area contributed by atoms with Gasteiger partial charge < -0.3 is 23.8 Å². The summed E-state index contributed by atoms with van der Waals surface area (Å²) in [5.41, 5.74) is 0. The van der Waals surface area contributed by atoms with Crippen LogP contribution in [-0.4, -0.2) is 121 Å². The van der Waals surface area contributed by atoms with Crippen molar-refractivity contribution in [2.75, 3.05) is 87.6 Å². The summed E-state index contributed by atoms with van der Waals surface area (Å²) in [6.07, 6.45) is 0. The summed E-state index contributed by atoms with van der Waals surface area (Å²) < 4.78 is 5.24. The van der Waals surface area contributed by atoms with Crippen molar-refractivity contribution in [1.29, 1.82) is 0 Å². The molecule has 0 saturated carbocycles. The molecule has 0 heterocycles. The van der Waals surface area contributed by atoms with Gasteiger partial charge in [-0.3, -0.25) is 0 Å². The first-order valence-electron chi connectivity index (χ1n) is 11.2. The molecule has 0 N–H and O–H groups in total. The molecule has 0 amide bonds. The fourth-order valence-corrected chi connectivity index (χ4v) is 5.87. The third kappa shape index (κ3) is 14.0. The quantitative estimate of drug-likeness (QED) is 0.377. The molecule has 0 bridgehead atoms. The maximum atomic E-state index is 2.62. The van der Waals surface area contributed by atoms with Crippen LogP contribution < -0.4 is 24.0 Å². The Hall–Kier alpha value is -0.166. The Kier molecular flexibility index (Phi) is 20.8. The van der Waals surface area contributed by atoms with Crippen molar-refractivity contribution in [3.63, 3.8) is 0 Å². The minimum atomic E-state index is -0.736. The predicted molar refractivity (Wildman–Crippen MR) is 132 cm³/mol. The van der Waals surface area contributed by atoms with Crippen molar-refractivity contribution >= 4 is 14.3 Å². The zero-order valence-corrected chi connectivity index (χ0v) is 22.8. The van der Waals surface area contributed by atoms with Crippen LogP contribution in [0, 0.1) is 0 Å². The van der Waals surface area contributed by atoms with Crippen LogP contribution in [-0.2, 0) is 0 Å². The molecular weight excluding hydrogens is 381 g/mol. The zero-order chi connectivity index (χ0) is 22.2. The number of benzene rings is 1. The van der Waals surface area contributed by atoms with E-state index in [1.807, 2.05) is 0 Å². The summed E-state index contributed by atoms with van der Waals surface area (Å²) in [4.78, 5) is 6.79. The van der Waals surface area contributed by atoms with E-state index in [1.54, 1.807) is 0 Å². The minimum absolute atomic E-state index is 0. The van der Waals surface area contributed by atoms with Crippen LogP contribution in [0.1, 0.15) is 27.7 Å². The van der Waals surface area contributed by atoms with Gasteiger partial charge in [-0.1, -0.05) is 58.0 Å². The predicted octanol–water partition coefficient (Wildman–Crippen LogP) is -0.889. The van der Waals surface area contributed by atoms with E-state index in [9.17, 15) is 0 Å². The average molecular weight is 430 g/mol. The van der Waals surface area contributed by atoms with E-state index in [0.717, 1.165) is 52.4 Å². The van der Waals surface area contributed by atoms with E-state index >= 15 is 0 Å². The van der Waals surface area contributed by atoms with E-state index in [4.69, 9.17) is 0 Å². The van der Waals surface area contributed by atoms with Crippen LogP contribution in [0.4, 0.5) is 0 Å². The monoisotopic (exact) mass is 429 g/mol. The van der Waals surface area contributed by atoms with Crippen LogP contribution in [0.5, 0.6) is 0 Å². The number of hydrogen-bond acceptors (Lipinski definition) is 5. The van der Waals surface area contributed by atoms with Gasteiger partial charge in [-0.2, -0.15) is 5.19 Å². The van der Waals surface area contributed by atoms with Crippen LogP contribution >= 0.6 is 0 Å². The van der Waals surface area contributed by atoms with Crippen LogP contribution in [0.15, 0.2) is 30.3 Å². The molecule has 7 heteroatoms. The van der Waals surface area contributed by atoms with Crippen molar-refractivity contribution in [2.45, 2.75) is 27.7 Å². The normalized spacial score (nSPS) is 11.1. The Labute approximate surface area is 202 Å². The van der Waals surface area contributed by atoms with Gasteiger partial charge in [0.1, 0.15) is 0 Å². The van der Waals surface area contributed by atoms with Gasteiger partial charge in [0.15, 0.2) is 0 Å². The van der Waals surface area contributed by atoms with Gasteiger partial charge in [-0.05, 0) is 61.4 Å². The fraction of sp³-hybridized carbons (Fsp3) is 0.739. The second-order valence-electron chi connectivity index (χ2n) is 7.94. The SMILES string of the molecule is CCN(CC)[Si-](c1ccccc1)N(CC)CC.CN(C)CCN(C)CCN(C)C.[Li+]. The van der Waals surface area contributed by atoms with Crippen LogP contribution in [0.2, 0.25) is 0 Å². The van der Waals surface area contributed by atoms with E-state index in [1.165, 1.54) is 5.19 Å². The van der Waals surface area contributed by atoms with E-state index in [-0.39, 0.29) is 18.9 Å². The average Bonchev–Trinajstić information content (AvgIpc) is 2.72. The van der Waals surface area contributed by atoms with E-state index < -0.39 is 9.12 Å². The summed E-state index contributed by atoms with van der Waals surface area (Å²) in [5, 5.41) is 1.50. The second-order valence-corrected chi connectivity index (χ2v) is 10.4. The molecule has 0 aliphatic rings. The van der Waals surface area contributed by atoms with Gasteiger partial charge in [-0.15, -0.1) is 9.12 Å². The van der Waals surface area contributed by atoms with E-state index in [2.05, 4.69) is 117 Å². The molecule has 0 saturated heterocycles. The first-order chi connectivity index (χ1) is 13.8. The summed E-state index contributed by atoms with van der Waals surface area (Å²) in [6.45, 7) is 18.2. The third-order valence-corrected chi connectivity index (χ3v) is 8.33. The van der Waals surface area contributed by atoms with Crippen molar-refractivity contribution in [3.05, 3.63) is 30.3 Å². The third-order valence-electron chi connectivity index (χ3n) is 5.02. The standard InChI is InChI=1S/C14H25N2Si.C9H23N3.Li/c1-5-15(6-2)17(16(7-3)8-4)14-12-10-9-11-13-14;1-10(2)6-8-12(5)9-7-11(3)4;/h9-13H,5-8H2,1-4H3;6-9H2,1-5H3;/q-1;;+1. The van der Waals surface area contributed by atoms with Crippen LogP contribution in [0.25, 0.3) is 0 Å². The molecule has 30 heavy (non-hydrogen) atoms. The molecule has 0 radical (unpaired) electrons. The summed E-state index contributed by atoms with van der Waals surface area (Å²) in [7, 11) is 9.88. The Morgan fingerprint density at radius 3 is 1.27 bits per heavy atom. The first kappa shape index (κ1) is 32.0. The Morgan fingerprint density at radius 2 is 0.967 bits per heavy atom. The maximum absolute atomic E-state index is 2.62. The Bertz CT molecular complexity index is 458. The largest absolute Gasteiger partial charge is 1.00 e. The maximum Gasteiger partial charge on any atom is 1.00 e. The number of nitrogens with zero attached hydrogens (tertiary/aromatic N) is 5. The van der Waals surface area contributed by atoms with Gasteiger partial charge in [0.05, 0.1) is 0 Å². The van der Waals surface area contributed by atoms with Gasteiger partial charge in [0.25, 0.3) is 0 Å². The number of rotatable bonds is 13. The molecule has 1 aromatic rings. The van der Waals surface area contributed by atoms with Gasteiger partial charge >= 0.3 is 18.9 Å². The molecule has 0 aliphatic carbocycles. The van der Waals surface area contributed by atoms with E-state index in [0.29, 0.717) is 0 Å². The van der Waals surface area contributed by atoms with Crippen molar-refractivity contribution < 1.29 is 18.9 Å². The van der Waals surface area contributed by atoms with Crippen molar-refractivity contribution in [3.8, 4) is 0 Å². The molecule has 0 fully saturated rings. The molecule has 170 valence electrons. The molecule has 1 rings (SSSR count).